The Morgan fingerprint density at radius 3 is 3.13 bits per heavy atom. The van der Waals surface area contributed by atoms with Crippen molar-refractivity contribution in [3.63, 3.8) is 0 Å². The molecule has 0 aromatic rings. The average Bonchev–Trinajstić information content (AvgIpc) is 2.42. The number of esters is 1. The third kappa shape index (κ3) is 2.90. The summed E-state index contributed by atoms with van der Waals surface area (Å²) in [6.07, 6.45) is 4.83. The molecule has 0 aromatic carbocycles. The van der Waals surface area contributed by atoms with Gasteiger partial charge in [-0.2, -0.15) is 0 Å². The van der Waals surface area contributed by atoms with Gasteiger partial charge in [-0.05, 0) is 19.6 Å². The average molecular weight is 210 g/mol. The third-order valence-corrected chi connectivity index (χ3v) is 2.21. The molecule has 0 spiro atoms. The van der Waals surface area contributed by atoms with Crippen LogP contribution < -0.4 is 0 Å². The van der Waals surface area contributed by atoms with Crippen molar-refractivity contribution in [2.24, 2.45) is 4.99 Å². The first kappa shape index (κ1) is 11.4. The summed E-state index contributed by atoms with van der Waals surface area (Å²) >= 11 is 0. The summed E-state index contributed by atoms with van der Waals surface area (Å²) < 4.78 is 4.50. The molecule has 0 saturated heterocycles. The summed E-state index contributed by atoms with van der Waals surface area (Å²) in [5, 5.41) is 0. The highest BCUT2D eigenvalue weighted by Gasteiger charge is 2.24. The fraction of sp³-hybridized carbons (Fsp3) is 0.500. The van der Waals surface area contributed by atoms with Gasteiger partial charge in [0, 0.05) is 6.20 Å². The highest BCUT2D eigenvalue weighted by atomic mass is 16.5. The first-order valence-electron chi connectivity index (χ1n) is 4.69. The zero-order valence-electron chi connectivity index (χ0n) is 8.68. The zero-order chi connectivity index (χ0) is 11.3. The Hall–Kier alpha value is -1.65. The summed E-state index contributed by atoms with van der Waals surface area (Å²) in [5.74, 6) is -0.651. The standard InChI is InChI=1S/C10H14N2O3/c1-11-8-5-3-4-6-12(10(8)14)7-9(13)15-2/h4,6,8H,1,3,5,7H2,2H3. The van der Waals surface area contributed by atoms with E-state index in [4.69, 9.17) is 0 Å². The maximum atomic E-state index is 11.8. The van der Waals surface area contributed by atoms with Gasteiger partial charge in [-0.25, -0.2) is 0 Å². The van der Waals surface area contributed by atoms with Crippen LogP contribution in [0.3, 0.4) is 0 Å². The Balaban J connectivity index is 2.71. The van der Waals surface area contributed by atoms with E-state index in [-0.39, 0.29) is 12.5 Å². The van der Waals surface area contributed by atoms with Gasteiger partial charge in [-0.15, -0.1) is 0 Å². The number of hydrogen-bond acceptors (Lipinski definition) is 4. The fourth-order valence-electron chi connectivity index (χ4n) is 1.35. The lowest BCUT2D eigenvalue weighted by Crippen LogP contribution is -2.37. The van der Waals surface area contributed by atoms with Crippen LogP contribution in [0.25, 0.3) is 0 Å². The second-order valence-corrected chi connectivity index (χ2v) is 3.20. The number of rotatable bonds is 3. The molecule has 82 valence electrons. The van der Waals surface area contributed by atoms with Crippen LogP contribution in [0.15, 0.2) is 17.3 Å². The summed E-state index contributed by atoms with van der Waals surface area (Å²) in [6, 6.07) is -0.454. The van der Waals surface area contributed by atoms with Gasteiger partial charge in [0.15, 0.2) is 0 Å². The number of aliphatic imine (C=N–C) groups is 1. The summed E-state index contributed by atoms with van der Waals surface area (Å²) in [6.45, 7) is 3.30. The Kier molecular flexibility index (Phi) is 4.03. The van der Waals surface area contributed by atoms with Gasteiger partial charge in [-0.3, -0.25) is 14.6 Å². The van der Waals surface area contributed by atoms with E-state index in [1.807, 2.05) is 6.08 Å². The quantitative estimate of drug-likeness (QED) is 0.499. The zero-order valence-corrected chi connectivity index (χ0v) is 8.68. The second-order valence-electron chi connectivity index (χ2n) is 3.20. The van der Waals surface area contributed by atoms with E-state index in [1.54, 1.807) is 6.20 Å². The number of carbonyl (C=O) groups is 2. The van der Waals surface area contributed by atoms with Crippen molar-refractivity contribution < 1.29 is 14.3 Å². The Morgan fingerprint density at radius 1 is 1.80 bits per heavy atom. The number of amides is 1. The molecule has 0 N–H and O–H groups in total. The van der Waals surface area contributed by atoms with Crippen LogP contribution in [0.1, 0.15) is 12.8 Å². The molecule has 0 radical (unpaired) electrons. The molecule has 1 aliphatic heterocycles. The predicted octanol–water partition coefficient (Wildman–Crippen LogP) is 0.365. The van der Waals surface area contributed by atoms with Crippen LogP contribution >= 0.6 is 0 Å². The molecule has 0 fully saturated rings. The van der Waals surface area contributed by atoms with E-state index >= 15 is 0 Å². The smallest absolute Gasteiger partial charge is 0.325 e. The number of methoxy groups -OCH3 is 1. The number of carbonyl (C=O) groups excluding carboxylic acids is 2. The lowest BCUT2D eigenvalue weighted by molar-refractivity contribution is -0.145. The number of hydrogen-bond donors (Lipinski definition) is 0. The lowest BCUT2D eigenvalue weighted by atomic mass is 10.1. The topological polar surface area (TPSA) is 59.0 Å². The summed E-state index contributed by atoms with van der Waals surface area (Å²) in [5.41, 5.74) is 0. The number of ether oxygens (including phenoxy) is 1. The largest absolute Gasteiger partial charge is 0.468 e. The molecule has 5 nitrogen and oxygen atoms in total. The van der Waals surface area contributed by atoms with Crippen molar-refractivity contribution in [3.8, 4) is 0 Å². The second kappa shape index (κ2) is 5.29. The SMILES string of the molecule is C=NC1CCC=CN(CC(=O)OC)C1=O. The molecule has 15 heavy (non-hydrogen) atoms. The van der Waals surface area contributed by atoms with Gasteiger partial charge in [0.2, 0.25) is 0 Å². The van der Waals surface area contributed by atoms with Crippen LogP contribution in [0.4, 0.5) is 0 Å². The summed E-state index contributed by atoms with van der Waals surface area (Å²) in [7, 11) is 1.29. The summed E-state index contributed by atoms with van der Waals surface area (Å²) in [4.78, 5) is 27.9. The molecular weight excluding hydrogens is 196 g/mol. The minimum atomic E-state index is -0.454. The highest BCUT2D eigenvalue weighted by molar-refractivity contribution is 5.87. The van der Waals surface area contributed by atoms with Crippen LogP contribution in [-0.2, 0) is 14.3 Å². The van der Waals surface area contributed by atoms with Crippen molar-refractivity contribution in [1.82, 2.24) is 4.90 Å². The van der Waals surface area contributed by atoms with E-state index < -0.39 is 12.0 Å². The molecule has 1 heterocycles. The van der Waals surface area contributed by atoms with E-state index in [0.717, 1.165) is 6.42 Å². The van der Waals surface area contributed by atoms with Gasteiger partial charge in [0.05, 0.1) is 7.11 Å². The van der Waals surface area contributed by atoms with Crippen molar-refractivity contribution in [2.75, 3.05) is 13.7 Å². The van der Waals surface area contributed by atoms with Crippen LogP contribution in [0.5, 0.6) is 0 Å². The van der Waals surface area contributed by atoms with E-state index in [2.05, 4.69) is 16.4 Å². The van der Waals surface area contributed by atoms with Crippen molar-refractivity contribution in [3.05, 3.63) is 12.3 Å². The molecule has 0 aromatic heterocycles. The minimum absolute atomic E-state index is 0.0716. The third-order valence-electron chi connectivity index (χ3n) is 2.21. The first-order chi connectivity index (χ1) is 7.19. The van der Waals surface area contributed by atoms with Gasteiger partial charge in [0.1, 0.15) is 12.6 Å². The van der Waals surface area contributed by atoms with E-state index in [9.17, 15) is 9.59 Å². The van der Waals surface area contributed by atoms with Gasteiger partial charge in [-0.1, -0.05) is 6.08 Å². The maximum absolute atomic E-state index is 11.8. The Labute approximate surface area is 88.4 Å². The van der Waals surface area contributed by atoms with E-state index in [1.165, 1.54) is 12.0 Å². The molecule has 0 saturated carbocycles. The van der Waals surface area contributed by atoms with Crippen LogP contribution in [0.2, 0.25) is 0 Å². The molecule has 1 unspecified atom stereocenters. The van der Waals surface area contributed by atoms with Gasteiger partial charge >= 0.3 is 5.97 Å². The molecular formula is C10H14N2O3. The van der Waals surface area contributed by atoms with Crippen LogP contribution in [-0.4, -0.2) is 43.2 Å². The van der Waals surface area contributed by atoms with Crippen molar-refractivity contribution >= 4 is 18.6 Å². The molecule has 5 heteroatoms. The number of allylic oxidation sites excluding steroid dienone is 1. The fourth-order valence-corrected chi connectivity index (χ4v) is 1.35. The highest BCUT2D eigenvalue weighted by Crippen LogP contribution is 2.12. The molecule has 1 amide bonds. The van der Waals surface area contributed by atoms with Gasteiger partial charge in [0.25, 0.3) is 5.91 Å². The van der Waals surface area contributed by atoms with Crippen molar-refractivity contribution in [2.45, 2.75) is 18.9 Å². The predicted molar refractivity (Wildman–Crippen MR) is 55.4 cm³/mol. The Bertz CT molecular complexity index is 299. The van der Waals surface area contributed by atoms with Gasteiger partial charge < -0.3 is 9.64 Å². The molecule has 1 aliphatic rings. The molecule has 0 aliphatic carbocycles. The maximum Gasteiger partial charge on any atom is 0.325 e. The number of nitrogens with zero attached hydrogens (tertiary/aromatic N) is 2. The molecule has 0 bridgehead atoms. The molecule has 1 atom stereocenters. The Morgan fingerprint density at radius 2 is 2.53 bits per heavy atom. The minimum Gasteiger partial charge on any atom is -0.468 e. The normalized spacial score (nSPS) is 21.0. The van der Waals surface area contributed by atoms with Crippen molar-refractivity contribution in [1.29, 1.82) is 0 Å². The van der Waals surface area contributed by atoms with E-state index in [0.29, 0.717) is 6.42 Å². The lowest BCUT2D eigenvalue weighted by Gasteiger charge is -2.18. The monoisotopic (exact) mass is 210 g/mol. The molecule has 1 rings (SSSR count). The first-order valence-corrected chi connectivity index (χ1v) is 4.69. The van der Waals surface area contributed by atoms with Crippen LogP contribution in [0, 0.1) is 0 Å².